The zero-order valence-corrected chi connectivity index (χ0v) is 10.3. The Hall–Kier alpha value is -0.960. The molecule has 1 aromatic rings. The van der Waals surface area contributed by atoms with Gasteiger partial charge in [0.2, 0.25) is 0 Å². The number of aliphatic hydroxyl groups is 1. The second kappa shape index (κ2) is 4.30. The average Bonchev–Trinajstić information content (AvgIpc) is 2.93. The van der Waals surface area contributed by atoms with Gasteiger partial charge in [-0.2, -0.15) is 0 Å². The van der Waals surface area contributed by atoms with Gasteiger partial charge in [-0.15, -0.1) is 0 Å². The third-order valence-corrected chi connectivity index (χ3v) is 4.97. The molecule has 1 nitrogen and oxygen atoms in total. The first-order valence-corrected chi connectivity index (χ1v) is 6.68. The van der Waals surface area contributed by atoms with Crippen molar-refractivity contribution in [2.45, 2.75) is 32.1 Å². The van der Waals surface area contributed by atoms with Crippen LogP contribution in [0.3, 0.4) is 0 Å². The van der Waals surface area contributed by atoms with Gasteiger partial charge in [-0.05, 0) is 49.1 Å². The molecule has 2 saturated carbocycles. The molecule has 0 saturated heterocycles. The molecule has 18 heavy (non-hydrogen) atoms. The fourth-order valence-corrected chi connectivity index (χ4v) is 4.07. The van der Waals surface area contributed by atoms with Crippen LogP contribution in [0.4, 0.5) is 8.78 Å². The molecule has 0 amide bonds. The smallest absolute Gasteiger partial charge is 0.129 e. The summed E-state index contributed by atoms with van der Waals surface area (Å²) in [5, 5.41) is 9.75. The van der Waals surface area contributed by atoms with Crippen LogP contribution in [0.2, 0.25) is 0 Å². The lowest BCUT2D eigenvalue weighted by atomic mass is 9.70. The average molecular weight is 252 g/mol. The maximum absolute atomic E-state index is 13.7. The normalized spacial score (nSPS) is 34.2. The third-order valence-electron chi connectivity index (χ3n) is 4.97. The van der Waals surface area contributed by atoms with Crippen molar-refractivity contribution < 1.29 is 13.9 Å². The largest absolute Gasteiger partial charge is 0.396 e. The Morgan fingerprint density at radius 2 is 2.11 bits per heavy atom. The van der Waals surface area contributed by atoms with Gasteiger partial charge >= 0.3 is 0 Å². The lowest BCUT2D eigenvalue weighted by Crippen LogP contribution is -2.34. The molecule has 3 rings (SSSR count). The summed E-state index contributed by atoms with van der Waals surface area (Å²) in [6.45, 7) is 0.116. The number of aliphatic hydroxyl groups excluding tert-OH is 1. The first-order chi connectivity index (χ1) is 8.63. The molecule has 3 unspecified atom stereocenters. The van der Waals surface area contributed by atoms with E-state index in [1.165, 1.54) is 25.0 Å². The number of rotatable bonds is 3. The van der Waals surface area contributed by atoms with E-state index < -0.39 is 11.6 Å². The Balaban J connectivity index is 1.86. The Morgan fingerprint density at radius 1 is 1.28 bits per heavy atom. The van der Waals surface area contributed by atoms with E-state index in [1.807, 2.05) is 0 Å². The van der Waals surface area contributed by atoms with Crippen LogP contribution in [0, 0.1) is 28.9 Å². The van der Waals surface area contributed by atoms with E-state index >= 15 is 0 Å². The van der Waals surface area contributed by atoms with E-state index in [0.717, 1.165) is 18.9 Å². The summed E-state index contributed by atoms with van der Waals surface area (Å²) in [5.74, 6) is 0.190. The van der Waals surface area contributed by atoms with Gasteiger partial charge in [0.15, 0.2) is 0 Å². The molecule has 3 heteroatoms. The van der Waals surface area contributed by atoms with Crippen molar-refractivity contribution in [3.05, 3.63) is 35.4 Å². The minimum Gasteiger partial charge on any atom is -0.396 e. The van der Waals surface area contributed by atoms with Crippen molar-refractivity contribution in [1.82, 2.24) is 0 Å². The Labute approximate surface area is 106 Å². The lowest BCUT2D eigenvalue weighted by molar-refractivity contribution is 0.0643. The minimum atomic E-state index is -0.540. The molecule has 2 aliphatic rings. The number of benzene rings is 1. The first-order valence-electron chi connectivity index (χ1n) is 6.68. The van der Waals surface area contributed by atoms with Gasteiger partial charge < -0.3 is 5.11 Å². The molecule has 0 aromatic heterocycles. The molecule has 2 aliphatic carbocycles. The van der Waals surface area contributed by atoms with Gasteiger partial charge in [-0.3, -0.25) is 0 Å². The fraction of sp³-hybridized carbons (Fsp3) is 0.600. The van der Waals surface area contributed by atoms with Crippen molar-refractivity contribution in [3.8, 4) is 0 Å². The SMILES string of the molecule is OCC1(Cc2ccc(F)cc2F)CC2CCC1C2. The van der Waals surface area contributed by atoms with E-state index in [9.17, 15) is 13.9 Å². The topological polar surface area (TPSA) is 20.2 Å². The molecular formula is C15H18F2O. The fourth-order valence-electron chi connectivity index (χ4n) is 4.07. The van der Waals surface area contributed by atoms with Crippen molar-refractivity contribution in [3.63, 3.8) is 0 Å². The zero-order chi connectivity index (χ0) is 12.8. The summed E-state index contributed by atoms with van der Waals surface area (Å²) in [5.41, 5.74) is 0.375. The van der Waals surface area contributed by atoms with Crippen LogP contribution in [0.5, 0.6) is 0 Å². The van der Waals surface area contributed by atoms with Gasteiger partial charge in [0.1, 0.15) is 11.6 Å². The molecule has 98 valence electrons. The summed E-state index contributed by atoms with van der Waals surface area (Å²) in [6, 6.07) is 3.76. The Bertz CT molecular complexity index is 460. The molecule has 2 fully saturated rings. The number of fused-ring (bicyclic) bond motifs is 2. The molecule has 3 atom stereocenters. The van der Waals surface area contributed by atoms with E-state index in [1.54, 1.807) is 0 Å². The third kappa shape index (κ3) is 1.85. The standard InChI is InChI=1S/C15H18F2O/c16-13-4-2-11(14(17)6-13)8-15(9-18)7-10-1-3-12(15)5-10/h2,4,6,10,12,18H,1,3,5,7-9H2. The van der Waals surface area contributed by atoms with Crippen LogP contribution in [0.1, 0.15) is 31.2 Å². The molecule has 0 radical (unpaired) electrons. The van der Waals surface area contributed by atoms with Crippen LogP contribution >= 0.6 is 0 Å². The van der Waals surface area contributed by atoms with Crippen molar-refractivity contribution in [2.24, 2.45) is 17.3 Å². The van der Waals surface area contributed by atoms with Gasteiger partial charge in [0, 0.05) is 18.1 Å². The van der Waals surface area contributed by atoms with E-state index in [4.69, 9.17) is 0 Å². The van der Waals surface area contributed by atoms with Gasteiger partial charge in [-0.1, -0.05) is 12.5 Å². The predicted molar refractivity (Wildman–Crippen MR) is 65.0 cm³/mol. The van der Waals surface area contributed by atoms with Crippen LogP contribution < -0.4 is 0 Å². The second-order valence-electron chi connectivity index (χ2n) is 6.01. The van der Waals surface area contributed by atoms with Crippen molar-refractivity contribution >= 4 is 0 Å². The highest BCUT2D eigenvalue weighted by atomic mass is 19.1. The quantitative estimate of drug-likeness (QED) is 0.875. The summed E-state index contributed by atoms with van der Waals surface area (Å²) < 4.78 is 26.6. The summed E-state index contributed by atoms with van der Waals surface area (Å²) in [4.78, 5) is 0. The van der Waals surface area contributed by atoms with Gasteiger partial charge in [-0.25, -0.2) is 8.78 Å². The molecular weight excluding hydrogens is 234 g/mol. The zero-order valence-electron chi connectivity index (χ0n) is 10.3. The van der Waals surface area contributed by atoms with Crippen molar-refractivity contribution in [1.29, 1.82) is 0 Å². The van der Waals surface area contributed by atoms with Crippen LogP contribution in [-0.2, 0) is 6.42 Å². The van der Waals surface area contributed by atoms with Crippen LogP contribution in [-0.4, -0.2) is 11.7 Å². The molecule has 1 aromatic carbocycles. The highest BCUT2D eigenvalue weighted by Crippen LogP contribution is 2.57. The molecule has 0 aliphatic heterocycles. The molecule has 2 bridgehead atoms. The van der Waals surface area contributed by atoms with E-state index in [0.29, 0.717) is 23.8 Å². The number of halogens is 2. The maximum Gasteiger partial charge on any atom is 0.129 e. The van der Waals surface area contributed by atoms with Gasteiger partial charge in [0.25, 0.3) is 0 Å². The highest BCUT2D eigenvalue weighted by Gasteiger charge is 2.50. The predicted octanol–water partition coefficient (Wildman–Crippen LogP) is 3.31. The number of hydrogen-bond donors (Lipinski definition) is 1. The van der Waals surface area contributed by atoms with E-state index in [2.05, 4.69) is 0 Å². The molecule has 0 spiro atoms. The Kier molecular flexibility index (Phi) is 2.89. The summed E-state index contributed by atoms with van der Waals surface area (Å²) in [7, 11) is 0. The summed E-state index contributed by atoms with van der Waals surface area (Å²) >= 11 is 0. The minimum absolute atomic E-state index is 0.116. The van der Waals surface area contributed by atoms with Crippen LogP contribution in [0.15, 0.2) is 18.2 Å². The maximum atomic E-state index is 13.7. The van der Waals surface area contributed by atoms with Crippen molar-refractivity contribution in [2.75, 3.05) is 6.61 Å². The molecule has 0 heterocycles. The lowest BCUT2D eigenvalue weighted by Gasteiger charge is -2.36. The number of hydrogen-bond acceptors (Lipinski definition) is 1. The van der Waals surface area contributed by atoms with Crippen LogP contribution in [0.25, 0.3) is 0 Å². The first kappa shape index (κ1) is 12.1. The molecule has 1 N–H and O–H groups in total. The summed E-state index contributed by atoms with van der Waals surface area (Å²) in [6.07, 6.45) is 5.09. The second-order valence-corrected chi connectivity index (χ2v) is 6.01. The Morgan fingerprint density at radius 3 is 2.67 bits per heavy atom. The highest BCUT2D eigenvalue weighted by molar-refractivity contribution is 5.21. The van der Waals surface area contributed by atoms with Gasteiger partial charge in [0.05, 0.1) is 0 Å². The monoisotopic (exact) mass is 252 g/mol. The van der Waals surface area contributed by atoms with E-state index in [-0.39, 0.29) is 12.0 Å².